The Kier molecular flexibility index (Phi) is 5.73. The molecule has 2 saturated heterocycles. The summed E-state index contributed by atoms with van der Waals surface area (Å²) in [6.45, 7) is 6.04. The molecule has 2 aromatic carbocycles. The smallest absolute Gasteiger partial charge is 0.328 e. The topological polar surface area (TPSA) is 71.9 Å². The van der Waals surface area contributed by atoms with E-state index in [0.717, 1.165) is 35.6 Å². The number of hydrogen-bond donors (Lipinski definition) is 0. The van der Waals surface area contributed by atoms with E-state index in [1.54, 1.807) is 11.9 Å². The van der Waals surface area contributed by atoms with Crippen LogP contribution in [0.4, 0.5) is 10.5 Å². The third-order valence-electron chi connectivity index (χ3n) is 7.38. The first-order valence-electron chi connectivity index (χ1n) is 12.4. The monoisotopic (exact) mass is 486 g/mol. The number of anilines is 1. The van der Waals surface area contributed by atoms with E-state index in [0.29, 0.717) is 32.3 Å². The lowest BCUT2D eigenvalue weighted by molar-refractivity contribution is -0.136. The van der Waals surface area contributed by atoms with Gasteiger partial charge >= 0.3 is 6.03 Å². The molecule has 0 radical (unpaired) electrons. The van der Waals surface area contributed by atoms with Crippen molar-refractivity contribution < 1.29 is 14.3 Å². The van der Waals surface area contributed by atoms with Crippen LogP contribution >= 0.6 is 0 Å². The first-order chi connectivity index (χ1) is 17.5. The second-order valence-electron chi connectivity index (χ2n) is 9.53. The lowest BCUT2D eigenvalue weighted by Gasteiger charge is -2.40. The predicted octanol–water partition coefficient (Wildman–Crippen LogP) is 2.41. The van der Waals surface area contributed by atoms with E-state index in [1.165, 1.54) is 4.90 Å². The van der Waals surface area contributed by atoms with Gasteiger partial charge in [-0.3, -0.25) is 24.4 Å². The number of guanidine groups is 1. The maximum Gasteiger partial charge on any atom is 0.328 e. The third-order valence-corrected chi connectivity index (χ3v) is 7.38. The summed E-state index contributed by atoms with van der Waals surface area (Å²) >= 11 is 0. The summed E-state index contributed by atoms with van der Waals surface area (Å²) in [6.07, 6.45) is 1.44. The molecule has 2 aromatic rings. The number of aryl methyl sites for hydroxylation is 1. The van der Waals surface area contributed by atoms with Crippen molar-refractivity contribution in [2.24, 2.45) is 4.99 Å². The number of morpholine rings is 1. The first-order valence-corrected chi connectivity index (χ1v) is 12.4. The zero-order valence-corrected chi connectivity index (χ0v) is 20.6. The Hall–Kier alpha value is -3.69. The minimum Gasteiger partial charge on any atom is -0.379 e. The molecule has 0 spiro atoms. The van der Waals surface area contributed by atoms with Crippen LogP contribution in [0.15, 0.2) is 65.8 Å². The molecule has 36 heavy (non-hydrogen) atoms. The Morgan fingerprint density at radius 2 is 1.69 bits per heavy atom. The average Bonchev–Trinajstić information content (AvgIpc) is 3.45. The molecule has 9 nitrogen and oxygen atoms in total. The Bertz CT molecular complexity index is 1240. The number of para-hydroxylation sites is 1. The number of imide groups is 1. The fraction of sp³-hybridized carbons (Fsp3) is 0.370. The van der Waals surface area contributed by atoms with Crippen LogP contribution in [0.25, 0.3) is 5.70 Å². The molecule has 4 aliphatic heterocycles. The molecular weight excluding hydrogens is 456 g/mol. The summed E-state index contributed by atoms with van der Waals surface area (Å²) in [7, 11) is 1.74. The predicted molar refractivity (Wildman–Crippen MR) is 137 cm³/mol. The van der Waals surface area contributed by atoms with Crippen LogP contribution in [0.1, 0.15) is 11.1 Å². The SMILES string of the molecule is Cc1ccccc1N1C(c2ccccc2)=CN2C1=NC1C2C(=O)N(CCN2CCOCC2)C(=O)N1C. The summed E-state index contributed by atoms with van der Waals surface area (Å²) in [5, 5.41) is 0. The molecule has 4 heterocycles. The van der Waals surface area contributed by atoms with Crippen LogP contribution < -0.4 is 4.90 Å². The van der Waals surface area contributed by atoms with Crippen molar-refractivity contribution in [3.05, 3.63) is 71.9 Å². The van der Waals surface area contributed by atoms with Gasteiger partial charge in [0, 0.05) is 45.0 Å². The number of carbonyl (C=O) groups is 2. The number of nitrogens with zero attached hydrogens (tertiary/aromatic N) is 6. The number of carbonyl (C=O) groups excluding carboxylic acids is 2. The average molecular weight is 487 g/mol. The van der Waals surface area contributed by atoms with Gasteiger partial charge in [0.2, 0.25) is 5.96 Å². The molecule has 0 bridgehead atoms. The number of fused-ring (bicyclic) bond motifs is 3. The van der Waals surface area contributed by atoms with E-state index in [1.807, 2.05) is 41.4 Å². The van der Waals surface area contributed by atoms with Gasteiger partial charge in [0.15, 0.2) is 12.2 Å². The molecule has 2 unspecified atom stereocenters. The molecule has 9 heteroatoms. The first kappa shape index (κ1) is 22.8. The number of hydrogen-bond acceptors (Lipinski definition) is 7. The van der Waals surface area contributed by atoms with E-state index < -0.39 is 12.2 Å². The molecule has 0 aliphatic carbocycles. The molecule has 2 fully saturated rings. The summed E-state index contributed by atoms with van der Waals surface area (Å²) in [5.74, 6) is 0.464. The molecule has 6 rings (SSSR count). The van der Waals surface area contributed by atoms with Gasteiger partial charge < -0.3 is 9.64 Å². The maximum absolute atomic E-state index is 13.8. The normalized spacial score (nSPS) is 24.2. The zero-order chi connectivity index (χ0) is 24.8. The quantitative estimate of drug-likeness (QED) is 0.647. The van der Waals surface area contributed by atoms with Crippen LogP contribution in [-0.2, 0) is 9.53 Å². The Labute approximate surface area is 210 Å². The highest BCUT2D eigenvalue weighted by Crippen LogP contribution is 2.40. The van der Waals surface area contributed by atoms with Gasteiger partial charge in [-0.1, -0.05) is 48.5 Å². The maximum atomic E-state index is 13.8. The van der Waals surface area contributed by atoms with Crippen LogP contribution in [0.3, 0.4) is 0 Å². The van der Waals surface area contributed by atoms with E-state index >= 15 is 0 Å². The molecule has 0 saturated carbocycles. The number of urea groups is 1. The molecule has 3 amide bonds. The van der Waals surface area contributed by atoms with Crippen LogP contribution in [0.2, 0.25) is 0 Å². The molecule has 2 atom stereocenters. The second kappa shape index (κ2) is 9.07. The van der Waals surface area contributed by atoms with Crippen molar-refractivity contribution in [1.82, 2.24) is 19.6 Å². The van der Waals surface area contributed by atoms with Gasteiger partial charge in [0.05, 0.1) is 24.6 Å². The van der Waals surface area contributed by atoms with Crippen LogP contribution in [0, 0.1) is 6.92 Å². The summed E-state index contributed by atoms with van der Waals surface area (Å²) in [6, 6.07) is 17.4. The van der Waals surface area contributed by atoms with Gasteiger partial charge in [-0.05, 0) is 18.6 Å². The fourth-order valence-electron chi connectivity index (χ4n) is 5.37. The zero-order valence-electron chi connectivity index (χ0n) is 20.6. The van der Waals surface area contributed by atoms with Gasteiger partial charge in [-0.15, -0.1) is 0 Å². The van der Waals surface area contributed by atoms with Crippen LogP contribution in [0.5, 0.6) is 0 Å². The standard InChI is InChI=1S/C27H30N6O3/c1-19-8-6-7-11-21(19)33-22(20-9-4-3-5-10-20)18-32-23-24(28-26(32)33)29(2)27(35)31(25(23)34)13-12-30-14-16-36-17-15-30/h3-11,18,23-24H,12-17H2,1-2H3. The Balaban J connectivity index is 1.35. The van der Waals surface area contributed by atoms with Gasteiger partial charge in [0.1, 0.15) is 0 Å². The molecule has 0 N–H and O–H groups in total. The van der Waals surface area contributed by atoms with Crippen molar-refractivity contribution in [2.45, 2.75) is 19.1 Å². The third kappa shape index (κ3) is 3.66. The van der Waals surface area contributed by atoms with Gasteiger partial charge in [-0.2, -0.15) is 0 Å². The van der Waals surface area contributed by atoms with Gasteiger partial charge in [-0.25, -0.2) is 9.79 Å². The van der Waals surface area contributed by atoms with Crippen molar-refractivity contribution in [3.8, 4) is 0 Å². The highest BCUT2D eigenvalue weighted by atomic mass is 16.5. The summed E-state index contributed by atoms with van der Waals surface area (Å²) in [5.41, 5.74) is 4.08. The summed E-state index contributed by atoms with van der Waals surface area (Å²) < 4.78 is 5.43. The largest absolute Gasteiger partial charge is 0.379 e. The number of aliphatic imine (C=N–C) groups is 1. The van der Waals surface area contributed by atoms with E-state index in [9.17, 15) is 9.59 Å². The number of likely N-dealkylation sites (N-methyl/N-ethyl adjacent to an activating group) is 1. The minimum absolute atomic E-state index is 0.203. The molecule has 0 aromatic heterocycles. The van der Waals surface area contributed by atoms with Crippen molar-refractivity contribution in [1.29, 1.82) is 0 Å². The lowest BCUT2D eigenvalue weighted by atomic mass is 10.1. The number of ether oxygens (including phenoxy) is 1. The Morgan fingerprint density at radius 1 is 0.972 bits per heavy atom. The minimum atomic E-state index is -0.597. The number of amides is 3. The van der Waals surface area contributed by atoms with Crippen molar-refractivity contribution in [3.63, 3.8) is 0 Å². The van der Waals surface area contributed by atoms with Crippen molar-refractivity contribution in [2.75, 3.05) is 51.3 Å². The second-order valence-corrected chi connectivity index (χ2v) is 9.53. The molecular formula is C27H30N6O3. The van der Waals surface area contributed by atoms with Gasteiger partial charge in [0.25, 0.3) is 5.91 Å². The number of benzene rings is 2. The van der Waals surface area contributed by atoms with E-state index in [2.05, 4.69) is 41.0 Å². The van der Waals surface area contributed by atoms with E-state index in [-0.39, 0.29) is 11.9 Å². The number of rotatable bonds is 5. The van der Waals surface area contributed by atoms with Crippen LogP contribution in [-0.4, -0.2) is 96.1 Å². The Morgan fingerprint density at radius 3 is 2.44 bits per heavy atom. The highest BCUT2D eigenvalue weighted by molar-refractivity contribution is 6.16. The molecule has 186 valence electrons. The van der Waals surface area contributed by atoms with Crippen molar-refractivity contribution >= 4 is 29.3 Å². The summed E-state index contributed by atoms with van der Waals surface area (Å²) in [4.78, 5) is 41.3. The fourth-order valence-corrected chi connectivity index (χ4v) is 5.37. The lowest BCUT2D eigenvalue weighted by Crippen LogP contribution is -2.65. The highest BCUT2D eigenvalue weighted by Gasteiger charge is 2.55. The molecule has 4 aliphatic rings. The van der Waals surface area contributed by atoms with E-state index in [4.69, 9.17) is 9.73 Å².